The van der Waals surface area contributed by atoms with Crippen LogP contribution in [0.2, 0.25) is 0 Å². The third-order valence-electron chi connectivity index (χ3n) is 1.99. The van der Waals surface area contributed by atoms with Crippen molar-refractivity contribution in [3.05, 3.63) is 12.7 Å². The minimum absolute atomic E-state index is 0.0671. The highest BCUT2D eigenvalue weighted by molar-refractivity contribution is 5.72. The summed E-state index contributed by atoms with van der Waals surface area (Å²) >= 11 is 0. The summed E-state index contributed by atoms with van der Waals surface area (Å²) in [6, 6.07) is 0. The number of methoxy groups -OCH3 is 1. The van der Waals surface area contributed by atoms with Gasteiger partial charge in [-0.25, -0.2) is 0 Å². The standard InChI is InChI=1S/C9H16O2/c1-5-8(6-2)7(3)9(10)11-4/h5,7-8H,1,6H2,2-4H3/t7-,8+/m0/s1. The molecule has 0 bridgehead atoms. The highest BCUT2D eigenvalue weighted by atomic mass is 16.5. The van der Waals surface area contributed by atoms with E-state index in [0.29, 0.717) is 0 Å². The Kier molecular flexibility index (Phi) is 4.59. The molecule has 64 valence electrons. The van der Waals surface area contributed by atoms with Crippen LogP contribution >= 0.6 is 0 Å². The van der Waals surface area contributed by atoms with E-state index < -0.39 is 0 Å². The highest BCUT2D eigenvalue weighted by Crippen LogP contribution is 2.17. The van der Waals surface area contributed by atoms with E-state index in [4.69, 9.17) is 0 Å². The zero-order valence-electron chi connectivity index (χ0n) is 7.46. The van der Waals surface area contributed by atoms with Crippen molar-refractivity contribution in [2.45, 2.75) is 20.3 Å². The zero-order valence-corrected chi connectivity index (χ0v) is 7.46. The Bertz CT molecular complexity index is 140. The summed E-state index contributed by atoms with van der Waals surface area (Å²) in [5, 5.41) is 0. The van der Waals surface area contributed by atoms with E-state index in [2.05, 4.69) is 11.3 Å². The summed E-state index contributed by atoms with van der Waals surface area (Å²) in [5.41, 5.74) is 0. The average molecular weight is 156 g/mol. The third-order valence-corrected chi connectivity index (χ3v) is 1.99. The van der Waals surface area contributed by atoms with Crippen molar-refractivity contribution in [3.63, 3.8) is 0 Å². The second kappa shape index (κ2) is 4.94. The molecule has 0 aliphatic carbocycles. The van der Waals surface area contributed by atoms with Gasteiger partial charge in [0.05, 0.1) is 13.0 Å². The van der Waals surface area contributed by atoms with Gasteiger partial charge in [-0.1, -0.05) is 19.9 Å². The van der Waals surface area contributed by atoms with Gasteiger partial charge in [-0.05, 0) is 12.3 Å². The lowest BCUT2D eigenvalue weighted by Crippen LogP contribution is -2.20. The SMILES string of the molecule is C=C[C@H](CC)[C@H](C)C(=O)OC. The predicted molar refractivity (Wildman–Crippen MR) is 45.2 cm³/mol. The number of rotatable bonds is 4. The van der Waals surface area contributed by atoms with Gasteiger partial charge in [-0.2, -0.15) is 0 Å². The Morgan fingerprint density at radius 1 is 1.73 bits per heavy atom. The van der Waals surface area contributed by atoms with E-state index >= 15 is 0 Å². The Morgan fingerprint density at radius 3 is 2.55 bits per heavy atom. The fourth-order valence-electron chi connectivity index (χ4n) is 1.09. The van der Waals surface area contributed by atoms with Gasteiger partial charge in [-0.3, -0.25) is 4.79 Å². The number of ether oxygens (including phenoxy) is 1. The summed E-state index contributed by atoms with van der Waals surface area (Å²) in [5.74, 6) is 0.0155. The number of allylic oxidation sites excluding steroid dienone is 1. The molecule has 2 atom stereocenters. The van der Waals surface area contributed by atoms with Crippen molar-refractivity contribution in [3.8, 4) is 0 Å². The smallest absolute Gasteiger partial charge is 0.308 e. The van der Waals surface area contributed by atoms with Gasteiger partial charge >= 0.3 is 5.97 Å². The molecule has 0 heterocycles. The Labute approximate surface area is 68.2 Å². The van der Waals surface area contributed by atoms with E-state index in [1.54, 1.807) is 0 Å². The molecular formula is C9H16O2. The van der Waals surface area contributed by atoms with Crippen LogP contribution in [-0.4, -0.2) is 13.1 Å². The molecule has 0 amide bonds. The van der Waals surface area contributed by atoms with Crippen molar-refractivity contribution in [1.82, 2.24) is 0 Å². The Morgan fingerprint density at radius 2 is 2.27 bits per heavy atom. The van der Waals surface area contributed by atoms with Crippen molar-refractivity contribution >= 4 is 5.97 Å². The summed E-state index contributed by atoms with van der Waals surface area (Å²) < 4.78 is 4.61. The lowest BCUT2D eigenvalue weighted by Gasteiger charge is -2.15. The van der Waals surface area contributed by atoms with E-state index in [1.165, 1.54) is 7.11 Å². The molecule has 0 N–H and O–H groups in total. The van der Waals surface area contributed by atoms with Gasteiger partial charge in [0.25, 0.3) is 0 Å². The van der Waals surface area contributed by atoms with Crippen LogP contribution in [0.1, 0.15) is 20.3 Å². The first kappa shape index (κ1) is 10.2. The number of esters is 1. The molecule has 11 heavy (non-hydrogen) atoms. The number of carbonyl (C=O) groups excluding carboxylic acids is 1. The minimum Gasteiger partial charge on any atom is -0.469 e. The van der Waals surface area contributed by atoms with Crippen LogP contribution in [0.25, 0.3) is 0 Å². The van der Waals surface area contributed by atoms with Gasteiger partial charge < -0.3 is 4.74 Å². The maximum Gasteiger partial charge on any atom is 0.308 e. The van der Waals surface area contributed by atoms with Gasteiger partial charge in [0.2, 0.25) is 0 Å². The molecule has 0 unspecified atom stereocenters. The lowest BCUT2D eigenvalue weighted by atomic mass is 9.92. The topological polar surface area (TPSA) is 26.3 Å². The van der Waals surface area contributed by atoms with E-state index in [-0.39, 0.29) is 17.8 Å². The summed E-state index contributed by atoms with van der Waals surface area (Å²) in [6.45, 7) is 7.56. The van der Waals surface area contributed by atoms with Crippen molar-refractivity contribution < 1.29 is 9.53 Å². The first-order chi connectivity index (χ1) is 5.17. The Hall–Kier alpha value is -0.790. The molecule has 0 aromatic carbocycles. The van der Waals surface area contributed by atoms with Gasteiger partial charge in [0, 0.05) is 0 Å². The summed E-state index contributed by atoms with van der Waals surface area (Å²) in [6.07, 6.45) is 2.74. The summed E-state index contributed by atoms with van der Waals surface area (Å²) in [7, 11) is 1.41. The van der Waals surface area contributed by atoms with Crippen molar-refractivity contribution in [1.29, 1.82) is 0 Å². The van der Waals surface area contributed by atoms with E-state index in [1.807, 2.05) is 19.9 Å². The molecule has 0 aliphatic rings. The van der Waals surface area contributed by atoms with Crippen molar-refractivity contribution in [2.75, 3.05) is 7.11 Å². The third kappa shape index (κ3) is 2.74. The van der Waals surface area contributed by atoms with Crippen LogP contribution in [0.5, 0.6) is 0 Å². The molecule has 0 saturated carbocycles. The molecule has 0 radical (unpaired) electrons. The second-order valence-corrected chi connectivity index (χ2v) is 2.62. The number of hydrogen-bond donors (Lipinski definition) is 0. The predicted octanol–water partition coefficient (Wildman–Crippen LogP) is 2.01. The molecule has 0 aliphatic heterocycles. The molecule has 0 aromatic rings. The molecule has 0 rings (SSSR count). The quantitative estimate of drug-likeness (QED) is 0.459. The molecule has 2 heteroatoms. The minimum atomic E-state index is -0.156. The number of hydrogen-bond acceptors (Lipinski definition) is 2. The van der Waals surface area contributed by atoms with Crippen LogP contribution in [0.15, 0.2) is 12.7 Å². The first-order valence-electron chi connectivity index (χ1n) is 3.87. The van der Waals surface area contributed by atoms with Crippen LogP contribution in [0.3, 0.4) is 0 Å². The highest BCUT2D eigenvalue weighted by Gasteiger charge is 2.19. The van der Waals surface area contributed by atoms with Crippen LogP contribution in [-0.2, 0) is 9.53 Å². The largest absolute Gasteiger partial charge is 0.469 e. The van der Waals surface area contributed by atoms with Gasteiger partial charge in [0.15, 0.2) is 0 Å². The molecule has 0 fully saturated rings. The molecule has 0 aromatic heterocycles. The van der Waals surface area contributed by atoms with E-state index in [0.717, 1.165) is 6.42 Å². The van der Waals surface area contributed by atoms with Crippen molar-refractivity contribution in [2.24, 2.45) is 11.8 Å². The maximum atomic E-state index is 11.0. The fourth-order valence-corrected chi connectivity index (χ4v) is 1.09. The van der Waals surface area contributed by atoms with Crippen LogP contribution in [0, 0.1) is 11.8 Å². The lowest BCUT2D eigenvalue weighted by molar-refractivity contribution is -0.146. The molecule has 0 saturated heterocycles. The zero-order chi connectivity index (χ0) is 8.85. The van der Waals surface area contributed by atoms with Gasteiger partial charge in [-0.15, -0.1) is 6.58 Å². The van der Waals surface area contributed by atoms with Crippen LogP contribution in [0.4, 0.5) is 0 Å². The molecule has 0 spiro atoms. The number of carbonyl (C=O) groups is 1. The average Bonchev–Trinajstić information content (AvgIpc) is 2.05. The first-order valence-corrected chi connectivity index (χ1v) is 3.87. The van der Waals surface area contributed by atoms with E-state index in [9.17, 15) is 4.79 Å². The summed E-state index contributed by atoms with van der Waals surface area (Å²) in [4.78, 5) is 11.0. The monoisotopic (exact) mass is 156 g/mol. The molecule has 2 nitrogen and oxygen atoms in total. The molecular weight excluding hydrogens is 140 g/mol. The second-order valence-electron chi connectivity index (χ2n) is 2.62. The van der Waals surface area contributed by atoms with Gasteiger partial charge in [0.1, 0.15) is 0 Å². The fraction of sp³-hybridized carbons (Fsp3) is 0.667. The maximum absolute atomic E-state index is 11.0. The Balaban J connectivity index is 4.07. The normalized spacial score (nSPS) is 15.2. The van der Waals surface area contributed by atoms with Crippen LogP contribution < -0.4 is 0 Å².